The van der Waals surface area contributed by atoms with E-state index in [0.717, 1.165) is 13.0 Å². The molecule has 0 aliphatic carbocycles. The van der Waals surface area contributed by atoms with Gasteiger partial charge in [-0.2, -0.15) is 0 Å². The molecule has 1 aliphatic rings. The molecule has 1 amide bonds. The van der Waals surface area contributed by atoms with Crippen LogP contribution in [0, 0.1) is 5.92 Å². The van der Waals surface area contributed by atoms with Crippen molar-refractivity contribution in [2.75, 3.05) is 6.54 Å². The summed E-state index contributed by atoms with van der Waals surface area (Å²) < 4.78 is 0. The van der Waals surface area contributed by atoms with E-state index in [-0.39, 0.29) is 17.9 Å². The van der Waals surface area contributed by atoms with E-state index in [9.17, 15) is 4.79 Å². The van der Waals surface area contributed by atoms with E-state index in [0.29, 0.717) is 0 Å². The largest absolute Gasteiger partial charge is 0.388 e. The number of nitrogens with one attached hydrogen (secondary N) is 2. The minimum Gasteiger partial charge on any atom is -0.388 e. The predicted octanol–water partition coefficient (Wildman–Crippen LogP) is 0.244. The van der Waals surface area contributed by atoms with E-state index in [1.165, 1.54) is 0 Å². The topological polar surface area (TPSA) is 41.1 Å². The Labute approximate surface area is 66.9 Å². The third-order valence-corrected chi connectivity index (χ3v) is 2.10. The average molecular weight is 154 g/mol. The van der Waals surface area contributed by atoms with Gasteiger partial charge < -0.3 is 10.6 Å². The highest BCUT2D eigenvalue weighted by Crippen LogP contribution is 2.10. The molecule has 0 spiro atoms. The quantitative estimate of drug-likeness (QED) is 0.598. The highest BCUT2D eigenvalue weighted by molar-refractivity contribution is 5.79. The third kappa shape index (κ3) is 1.73. The van der Waals surface area contributed by atoms with Crippen LogP contribution in [0.4, 0.5) is 0 Å². The standard InChI is InChI=1S/C8H14N2O/c1-3-9-7-4-5-10-8(11)6(7)2/h3,6-7,9H,1,4-5H2,2H3,(H,10,11)/t6-,7-/m0/s1. The second-order valence-electron chi connectivity index (χ2n) is 2.85. The Morgan fingerprint density at radius 3 is 3.18 bits per heavy atom. The summed E-state index contributed by atoms with van der Waals surface area (Å²) in [7, 11) is 0. The van der Waals surface area contributed by atoms with Crippen molar-refractivity contribution in [3.8, 4) is 0 Å². The summed E-state index contributed by atoms with van der Waals surface area (Å²) in [5.41, 5.74) is 0. The van der Waals surface area contributed by atoms with E-state index >= 15 is 0 Å². The number of piperidine rings is 1. The van der Waals surface area contributed by atoms with Gasteiger partial charge in [-0.25, -0.2) is 0 Å². The highest BCUT2D eigenvalue weighted by Gasteiger charge is 2.26. The van der Waals surface area contributed by atoms with Crippen LogP contribution in [0.2, 0.25) is 0 Å². The molecule has 1 heterocycles. The second-order valence-corrected chi connectivity index (χ2v) is 2.85. The summed E-state index contributed by atoms with van der Waals surface area (Å²) in [5, 5.41) is 5.87. The summed E-state index contributed by atoms with van der Waals surface area (Å²) in [6.45, 7) is 6.27. The zero-order valence-electron chi connectivity index (χ0n) is 6.76. The Balaban J connectivity index is 2.50. The van der Waals surface area contributed by atoms with E-state index in [4.69, 9.17) is 0 Å². The fraction of sp³-hybridized carbons (Fsp3) is 0.625. The lowest BCUT2D eigenvalue weighted by Gasteiger charge is -2.28. The summed E-state index contributed by atoms with van der Waals surface area (Å²) in [5.74, 6) is 0.192. The zero-order valence-corrected chi connectivity index (χ0v) is 6.76. The lowest BCUT2D eigenvalue weighted by Crippen LogP contribution is -2.48. The summed E-state index contributed by atoms with van der Waals surface area (Å²) in [6, 6.07) is 0.265. The fourth-order valence-electron chi connectivity index (χ4n) is 1.32. The van der Waals surface area contributed by atoms with Crippen molar-refractivity contribution in [1.29, 1.82) is 0 Å². The van der Waals surface area contributed by atoms with Crippen molar-refractivity contribution < 1.29 is 4.79 Å². The molecule has 0 unspecified atom stereocenters. The van der Waals surface area contributed by atoms with Crippen LogP contribution in [0.15, 0.2) is 12.8 Å². The van der Waals surface area contributed by atoms with Gasteiger partial charge in [0, 0.05) is 12.6 Å². The molecule has 0 aromatic rings. The molecule has 1 aliphatic heterocycles. The third-order valence-electron chi connectivity index (χ3n) is 2.10. The van der Waals surface area contributed by atoms with Crippen LogP contribution in [0.1, 0.15) is 13.3 Å². The van der Waals surface area contributed by atoms with Crippen LogP contribution < -0.4 is 10.6 Å². The maximum atomic E-state index is 11.1. The molecule has 62 valence electrons. The maximum absolute atomic E-state index is 11.1. The number of carbonyl (C=O) groups is 1. The first-order valence-electron chi connectivity index (χ1n) is 3.90. The van der Waals surface area contributed by atoms with Crippen molar-refractivity contribution in [2.45, 2.75) is 19.4 Å². The first kappa shape index (κ1) is 8.11. The lowest BCUT2D eigenvalue weighted by atomic mass is 9.95. The molecule has 11 heavy (non-hydrogen) atoms. The molecule has 1 saturated heterocycles. The van der Waals surface area contributed by atoms with Gasteiger partial charge in [0.2, 0.25) is 5.91 Å². The van der Waals surface area contributed by atoms with Gasteiger partial charge >= 0.3 is 0 Å². The smallest absolute Gasteiger partial charge is 0.224 e. The Bertz CT molecular complexity index is 167. The van der Waals surface area contributed by atoms with Gasteiger partial charge in [-0.05, 0) is 12.6 Å². The number of carbonyl (C=O) groups excluding carboxylic acids is 1. The fourth-order valence-corrected chi connectivity index (χ4v) is 1.32. The molecule has 3 heteroatoms. The van der Waals surface area contributed by atoms with Crippen LogP contribution in [0.25, 0.3) is 0 Å². The monoisotopic (exact) mass is 154 g/mol. The van der Waals surface area contributed by atoms with Gasteiger partial charge in [0.15, 0.2) is 0 Å². The molecule has 2 atom stereocenters. The van der Waals surface area contributed by atoms with E-state index in [1.807, 2.05) is 6.92 Å². The first-order chi connectivity index (χ1) is 5.25. The molecule has 1 rings (SSSR count). The van der Waals surface area contributed by atoms with Crippen LogP contribution in [-0.4, -0.2) is 18.5 Å². The van der Waals surface area contributed by atoms with Gasteiger partial charge in [-0.15, -0.1) is 0 Å². The molecule has 0 aromatic carbocycles. The van der Waals surface area contributed by atoms with E-state index in [1.54, 1.807) is 6.20 Å². The minimum atomic E-state index is 0.0572. The molecule has 0 radical (unpaired) electrons. The van der Waals surface area contributed by atoms with Crippen LogP contribution in [-0.2, 0) is 4.79 Å². The Kier molecular flexibility index (Phi) is 2.52. The number of rotatable bonds is 2. The summed E-state index contributed by atoms with van der Waals surface area (Å²) >= 11 is 0. The SMILES string of the molecule is C=CN[C@H]1CCNC(=O)[C@H]1C. The average Bonchev–Trinajstić information content (AvgIpc) is 1.99. The zero-order chi connectivity index (χ0) is 8.27. The molecule has 0 aromatic heterocycles. The molecule has 2 N–H and O–H groups in total. The lowest BCUT2D eigenvalue weighted by molar-refractivity contribution is -0.126. The summed E-state index contributed by atoms with van der Waals surface area (Å²) in [6.07, 6.45) is 2.64. The normalized spacial score (nSPS) is 30.8. The second kappa shape index (κ2) is 3.42. The molecule has 1 fully saturated rings. The summed E-state index contributed by atoms with van der Waals surface area (Å²) in [4.78, 5) is 11.1. The number of amides is 1. The number of hydrogen-bond acceptors (Lipinski definition) is 2. The van der Waals surface area contributed by atoms with Crippen LogP contribution >= 0.6 is 0 Å². The first-order valence-corrected chi connectivity index (χ1v) is 3.90. The van der Waals surface area contributed by atoms with Crippen molar-refractivity contribution in [3.63, 3.8) is 0 Å². The Morgan fingerprint density at radius 2 is 2.55 bits per heavy atom. The van der Waals surface area contributed by atoms with E-state index < -0.39 is 0 Å². The maximum Gasteiger partial charge on any atom is 0.224 e. The van der Waals surface area contributed by atoms with Crippen LogP contribution in [0.3, 0.4) is 0 Å². The van der Waals surface area contributed by atoms with Crippen molar-refractivity contribution in [3.05, 3.63) is 12.8 Å². The molecule has 0 bridgehead atoms. The Morgan fingerprint density at radius 1 is 1.82 bits per heavy atom. The van der Waals surface area contributed by atoms with Crippen molar-refractivity contribution >= 4 is 5.91 Å². The van der Waals surface area contributed by atoms with Gasteiger partial charge in [0.05, 0.1) is 5.92 Å². The number of hydrogen-bond donors (Lipinski definition) is 2. The molecular weight excluding hydrogens is 140 g/mol. The van der Waals surface area contributed by atoms with Crippen LogP contribution in [0.5, 0.6) is 0 Å². The van der Waals surface area contributed by atoms with Gasteiger partial charge in [-0.3, -0.25) is 4.79 Å². The Hall–Kier alpha value is -0.990. The van der Waals surface area contributed by atoms with Gasteiger partial charge in [0.1, 0.15) is 0 Å². The minimum absolute atomic E-state index is 0.0572. The van der Waals surface area contributed by atoms with Gasteiger partial charge in [-0.1, -0.05) is 13.5 Å². The molecular formula is C8H14N2O. The van der Waals surface area contributed by atoms with E-state index in [2.05, 4.69) is 17.2 Å². The predicted molar refractivity (Wildman–Crippen MR) is 43.9 cm³/mol. The van der Waals surface area contributed by atoms with Crippen molar-refractivity contribution in [1.82, 2.24) is 10.6 Å². The molecule has 3 nitrogen and oxygen atoms in total. The highest BCUT2D eigenvalue weighted by atomic mass is 16.1. The van der Waals surface area contributed by atoms with Crippen molar-refractivity contribution in [2.24, 2.45) is 5.92 Å². The molecule has 0 saturated carbocycles. The van der Waals surface area contributed by atoms with Gasteiger partial charge in [0.25, 0.3) is 0 Å².